The number of ether oxygens (including phenoxy) is 1. The van der Waals surface area contributed by atoms with Gasteiger partial charge in [0.1, 0.15) is 6.10 Å². The highest BCUT2D eigenvalue weighted by Crippen LogP contribution is 2.58. The summed E-state index contributed by atoms with van der Waals surface area (Å²) in [6, 6.07) is 0. The molecule has 1 heterocycles. The lowest BCUT2D eigenvalue weighted by Gasteiger charge is -2.45. The fourth-order valence-corrected chi connectivity index (χ4v) is 7.54. The van der Waals surface area contributed by atoms with Crippen molar-refractivity contribution in [1.29, 1.82) is 0 Å². The largest absolute Gasteiger partial charge is 0.416 e. The van der Waals surface area contributed by atoms with Gasteiger partial charge in [0.05, 0.1) is 11.2 Å². The highest BCUT2D eigenvalue weighted by atomic mass is 79.9. The fraction of sp³-hybridized carbons (Fsp3) is 0.852. The first-order valence-electron chi connectivity index (χ1n) is 12.5. The maximum Gasteiger partial charge on any atom is 0.193 e. The van der Waals surface area contributed by atoms with Crippen molar-refractivity contribution in [2.75, 3.05) is 11.9 Å². The number of alkyl halides is 1. The molecule has 2 bridgehead atoms. The van der Waals surface area contributed by atoms with E-state index in [0.717, 1.165) is 11.8 Å². The Morgan fingerprint density at radius 3 is 2.15 bits per heavy atom. The number of fused-ring (bicyclic) bond motifs is 2. The van der Waals surface area contributed by atoms with E-state index in [9.17, 15) is 0 Å². The lowest BCUT2D eigenvalue weighted by atomic mass is 9.66. The lowest BCUT2D eigenvalue weighted by Crippen LogP contribution is -2.51. The zero-order valence-corrected chi connectivity index (χ0v) is 26.9. The monoisotopic (exact) mass is 556 g/mol. The highest BCUT2D eigenvalue weighted by Gasteiger charge is 2.63. The molecule has 33 heavy (non-hydrogen) atoms. The molecular formula is C27H49BrO3Si2. The maximum absolute atomic E-state index is 7.08. The first-order chi connectivity index (χ1) is 14.8. The minimum absolute atomic E-state index is 0.103. The van der Waals surface area contributed by atoms with Crippen molar-refractivity contribution in [2.24, 2.45) is 11.8 Å². The van der Waals surface area contributed by atoms with Crippen LogP contribution < -0.4 is 0 Å². The lowest BCUT2D eigenvalue weighted by molar-refractivity contribution is -0.0907. The molecule has 0 saturated carbocycles. The first-order valence-corrected chi connectivity index (χ1v) is 19.4. The summed E-state index contributed by atoms with van der Waals surface area (Å²) in [6.45, 7) is 28.1. The van der Waals surface area contributed by atoms with Crippen LogP contribution in [-0.2, 0) is 13.6 Å². The van der Waals surface area contributed by atoms with E-state index in [1.54, 1.807) is 0 Å². The second kappa shape index (κ2) is 9.52. The molecule has 0 spiro atoms. The summed E-state index contributed by atoms with van der Waals surface area (Å²) in [6.07, 6.45) is 9.90. The predicted octanol–water partition coefficient (Wildman–Crippen LogP) is 7.93. The Morgan fingerprint density at radius 2 is 1.70 bits per heavy atom. The van der Waals surface area contributed by atoms with E-state index >= 15 is 0 Å². The molecule has 1 saturated heterocycles. The predicted molar refractivity (Wildman–Crippen MR) is 150 cm³/mol. The second-order valence-electron chi connectivity index (χ2n) is 13.6. The summed E-state index contributed by atoms with van der Waals surface area (Å²) in [5, 5.41) is 1.07. The molecule has 190 valence electrons. The molecule has 0 aromatic heterocycles. The van der Waals surface area contributed by atoms with Gasteiger partial charge in [0.2, 0.25) is 0 Å². The quantitative estimate of drug-likeness (QED) is 0.131. The van der Waals surface area contributed by atoms with Crippen LogP contribution in [0, 0.1) is 24.2 Å². The summed E-state index contributed by atoms with van der Waals surface area (Å²) in [7, 11) is -3.91. The van der Waals surface area contributed by atoms with Gasteiger partial charge in [0.15, 0.2) is 16.6 Å². The molecule has 0 aromatic carbocycles. The van der Waals surface area contributed by atoms with Gasteiger partial charge in [-0.05, 0) is 62.1 Å². The summed E-state index contributed by atoms with van der Waals surface area (Å²) in [5.41, 5.74) is 0.574. The number of allylic oxidation sites excluding steroid dienone is 1. The molecule has 6 heteroatoms. The minimum atomic E-state index is -2.02. The smallest absolute Gasteiger partial charge is 0.193 e. The van der Waals surface area contributed by atoms with E-state index in [0.29, 0.717) is 18.9 Å². The van der Waals surface area contributed by atoms with Gasteiger partial charge >= 0.3 is 0 Å². The number of rotatable bonds is 8. The summed E-state index contributed by atoms with van der Waals surface area (Å²) >= 11 is 3.78. The molecule has 0 N–H and O–H groups in total. The molecule has 2 rings (SSSR count). The summed E-state index contributed by atoms with van der Waals surface area (Å²) < 4.78 is 20.7. The summed E-state index contributed by atoms with van der Waals surface area (Å²) in [5.74, 6) is 3.65. The van der Waals surface area contributed by atoms with Gasteiger partial charge in [-0.15, -0.1) is 6.42 Å². The van der Waals surface area contributed by atoms with Crippen LogP contribution in [0.15, 0.2) is 11.6 Å². The topological polar surface area (TPSA) is 27.7 Å². The third-order valence-electron chi connectivity index (χ3n) is 9.24. The number of hydrogen-bond donors (Lipinski definition) is 0. The number of halogens is 1. The van der Waals surface area contributed by atoms with E-state index in [2.05, 4.69) is 110 Å². The van der Waals surface area contributed by atoms with Gasteiger partial charge in [-0.2, -0.15) is 0 Å². The zero-order chi connectivity index (χ0) is 25.7. The number of hydrogen-bond acceptors (Lipinski definition) is 3. The van der Waals surface area contributed by atoms with Gasteiger partial charge in [-0.25, -0.2) is 0 Å². The van der Waals surface area contributed by atoms with Crippen molar-refractivity contribution in [3.05, 3.63) is 11.6 Å². The van der Waals surface area contributed by atoms with Crippen LogP contribution in [0.1, 0.15) is 68.2 Å². The third kappa shape index (κ3) is 5.59. The molecule has 2 aliphatic rings. The van der Waals surface area contributed by atoms with Crippen LogP contribution in [0.2, 0.25) is 36.3 Å². The average Bonchev–Trinajstić information content (AvgIpc) is 2.84. The Kier molecular flexibility index (Phi) is 8.46. The van der Waals surface area contributed by atoms with E-state index < -0.39 is 22.2 Å². The average molecular weight is 558 g/mol. The molecule has 0 amide bonds. The summed E-state index contributed by atoms with van der Waals surface area (Å²) in [4.78, 5) is 0. The van der Waals surface area contributed by atoms with E-state index in [1.807, 2.05) is 0 Å². The Hall–Kier alpha value is 0.0938. The van der Waals surface area contributed by atoms with Crippen molar-refractivity contribution >= 4 is 32.6 Å². The van der Waals surface area contributed by atoms with Crippen LogP contribution in [0.3, 0.4) is 0 Å². The molecule has 1 aliphatic carbocycles. The molecular weight excluding hydrogens is 508 g/mol. The fourth-order valence-electron chi connectivity index (χ4n) is 4.77. The standard InChI is InChI=1S/C27H49BrO3Si2/c1-14-21(30-33(12,13)25(6,7)8)17-27-20(2)15-16-22(26(9,19-28)31-27)23(27)18-29-32(10,11)24(3,4)5/h1,15,21-23H,16-19H2,2-13H3/t21-,22+,23-,26+,27-/m0/s1. The first kappa shape index (κ1) is 29.3. The second-order valence-corrected chi connectivity index (χ2v) is 23.7. The Morgan fingerprint density at radius 1 is 1.15 bits per heavy atom. The van der Waals surface area contributed by atoms with E-state index in [4.69, 9.17) is 20.0 Å². The van der Waals surface area contributed by atoms with E-state index in [-0.39, 0.29) is 27.7 Å². The Labute approximate surface area is 215 Å². The van der Waals surface area contributed by atoms with Crippen molar-refractivity contribution in [3.63, 3.8) is 0 Å². The molecule has 0 unspecified atom stereocenters. The van der Waals surface area contributed by atoms with Crippen LogP contribution in [-0.4, -0.2) is 45.9 Å². The molecule has 3 nitrogen and oxygen atoms in total. The van der Waals surface area contributed by atoms with Crippen LogP contribution in [0.5, 0.6) is 0 Å². The van der Waals surface area contributed by atoms with Gasteiger partial charge in [0, 0.05) is 30.2 Å². The zero-order valence-electron chi connectivity index (χ0n) is 23.3. The minimum Gasteiger partial charge on any atom is -0.416 e. The van der Waals surface area contributed by atoms with Crippen molar-refractivity contribution < 1.29 is 13.6 Å². The molecule has 0 aromatic rings. The van der Waals surface area contributed by atoms with Gasteiger partial charge in [-0.1, -0.05) is 69.5 Å². The highest BCUT2D eigenvalue weighted by molar-refractivity contribution is 9.09. The van der Waals surface area contributed by atoms with Crippen molar-refractivity contribution in [1.82, 2.24) is 0 Å². The Bertz CT molecular complexity index is 787. The van der Waals surface area contributed by atoms with Gasteiger partial charge in [0.25, 0.3) is 0 Å². The SMILES string of the molecule is C#C[C@@H](C[C@]12O[C@](C)(CBr)[C@H](CC=C1C)[C@@H]2CO[Si](C)(C)C(C)(C)C)O[Si](C)(C)C(C)(C)C. The van der Waals surface area contributed by atoms with Gasteiger partial charge < -0.3 is 13.6 Å². The maximum atomic E-state index is 7.08. The van der Waals surface area contributed by atoms with Crippen LogP contribution >= 0.6 is 15.9 Å². The molecule has 1 aliphatic heterocycles. The molecule has 5 atom stereocenters. The van der Waals surface area contributed by atoms with Crippen molar-refractivity contribution in [3.8, 4) is 12.3 Å². The van der Waals surface area contributed by atoms with Crippen molar-refractivity contribution in [2.45, 2.75) is 122 Å². The normalized spacial score (nSPS) is 31.8. The van der Waals surface area contributed by atoms with Gasteiger partial charge in [-0.3, -0.25) is 0 Å². The molecule has 1 fully saturated rings. The molecule has 0 radical (unpaired) electrons. The van der Waals surface area contributed by atoms with Crippen LogP contribution in [0.25, 0.3) is 0 Å². The number of terminal acetylenes is 1. The Balaban J connectivity index is 2.44. The van der Waals surface area contributed by atoms with Crippen LogP contribution in [0.4, 0.5) is 0 Å². The third-order valence-corrected chi connectivity index (χ3v) is 19.3. The van der Waals surface area contributed by atoms with E-state index in [1.165, 1.54) is 5.57 Å².